The first-order valence-corrected chi connectivity index (χ1v) is 10.8. The lowest BCUT2D eigenvalue weighted by molar-refractivity contribution is -0.120. The fourth-order valence-corrected chi connectivity index (χ4v) is 3.70. The Morgan fingerprint density at radius 3 is 2.71 bits per heavy atom. The number of amides is 3. The highest BCUT2D eigenvalue weighted by Gasteiger charge is 2.32. The second-order valence-corrected chi connectivity index (χ2v) is 7.94. The predicted octanol–water partition coefficient (Wildman–Crippen LogP) is 3.49. The molecule has 1 fully saturated rings. The summed E-state index contributed by atoms with van der Waals surface area (Å²) in [6.45, 7) is 4.16. The summed E-state index contributed by atoms with van der Waals surface area (Å²) in [4.78, 5) is 35.6. The fourth-order valence-electron chi connectivity index (χ4n) is 3.70. The molecule has 176 valence electrons. The molecule has 3 aromatic rings. The Morgan fingerprint density at radius 1 is 1.26 bits per heavy atom. The predicted molar refractivity (Wildman–Crippen MR) is 125 cm³/mol. The van der Waals surface area contributed by atoms with E-state index in [-0.39, 0.29) is 17.9 Å². The molecule has 0 bridgehead atoms. The van der Waals surface area contributed by atoms with Crippen molar-refractivity contribution in [2.75, 3.05) is 18.6 Å². The number of nitrogens with one attached hydrogen (secondary N) is 1. The number of methoxy groups -OCH3 is 1. The van der Waals surface area contributed by atoms with Gasteiger partial charge in [0, 0.05) is 36.7 Å². The van der Waals surface area contributed by atoms with E-state index in [2.05, 4.69) is 15.4 Å². The number of halogens is 1. The lowest BCUT2D eigenvalue weighted by Crippen LogP contribution is -2.59. The van der Waals surface area contributed by atoms with E-state index in [4.69, 9.17) is 4.74 Å². The molecule has 1 aliphatic heterocycles. The lowest BCUT2D eigenvalue weighted by Gasteiger charge is -2.39. The average molecular weight is 465 g/mol. The van der Waals surface area contributed by atoms with E-state index in [1.165, 1.54) is 28.1 Å². The SMILES string of the molecule is COc1cc(/C=C/C(=O)NN2CCC(C)N(c3ccc(F)cc3)C2=O)cnc1-n1cnc(C)c1. The summed E-state index contributed by atoms with van der Waals surface area (Å²) in [7, 11) is 1.54. The second kappa shape index (κ2) is 9.74. The number of anilines is 1. The van der Waals surface area contributed by atoms with Gasteiger partial charge in [-0.05, 0) is 62.2 Å². The minimum Gasteiger partial charge on any atom is -0.493 e. The molecule has 10 heteroatoms. The molecule has 4 rings (SSSR count). The van der Waals surface area contributed by atoms with Crippen molar-refractivity contribution in [3.05, 3.63) is 72.2 Å². The van der Waals surface area contributed by atoms with E-state index in [0.717, 1.165) is 5.69 Å². The molecule has 3 amide bonds. The molecule has 1 N–H and O–H groups in total. The van der Waals surface area contributed by atoms with Gasteiger partial charge in [-0.3, -0.25) is 19.7 Å². The molecule has 1 atom stereocenters. The third-order valence-corrected chi connectivity index (χ3v) is 5.46. The average Bonchev–Trinajstić information content (AvgIpc) is 3.26. The number of hydrogen-bond donors (Lipinski definition) is 1. The number of hydrogen-bond acceptors (Lipinski definition) is 5. The lowest BCUT2D eigenvalue weighted by atomic mass is 10.1. The molecule has 34 heavy (non-hydrogen) atoms. The summed E-state index contributed by atoms with van der Waals surface area (Å²) >= 11 is 0. The first-order valence-electron chi connectivity index (χ1n) is 10.8. The summed E-state index contributed by atoms with van der Waals surface area (Å²) in [5.41, 5.74) is 4.69. The molecule has 0 spiro atoms. The normalized spacial score (nSPS) is 16.2. The number of rotatable bonds is 6. The van der Waals surface area contributed by atoms with Crippen LogP contribution in [0.5, 0.6) is 5.75 Å². The maximum Gasteiger partial charge on any atom is 0.343 e. The number of benzene rings is 1. The van der Waals surface area contributed by atoms with Crippen molar-refractivity contribution in [3.63, 3.8) is 0 Å². The van der Waals surface area contributed by atoms with E-state index >= 15 is 0 Å². The van der Waals surface area contributed by atoms with Crippen LogP contribution in [0.15, 0.2) is 55.1 Å². The number of hydrazine groups is 1. The number of nitrogens with zero attached hydrogens (tertiary/aromatic N) is 5. The van der Waals surface area contributed by atoms with Crippen molar-refractivity contribution in [1.29, 1.82) is 0 Å². The Labute approximate surface area is 196 Å². The molecule has 1 unspecified atom stereocenters. The number of aryl methyl sites for hydroxylation is 1. The molecule has 9 nitrogen and oxygen atoms in total. The molecule has 1 saturated heterocycles. The Balaban J connectivity index is 1.44. The second-order valence-electron chi connectivity index (χ2n) is 7.94. The number of carbonyl (C=O) groups excluding carboxylic acids is 2. The Bertz CT molecular complexity index is 1220. The van der Waals surface area contributed by atoms with E-state index in [9.17, 15) is 14.0 Å². The smallest absolute Gasteiger partial charge is 0.343 e. The van der Waals surface area contributed by atoms with Gasteiger partial charge in [-0.1, -0.05) is 0 Å². The van der Waals surface area contributed by atoms with Crippen LogP contribution in [-0.4, -0.2) is 51.2 Å². The van der Waals surface area contributed by atoms with Crippen LogP contribution in [0.4, 0.5) is 14.9 Å². The van der Waals surface area contributed by atoms with Gasteiger partial charge in [0.2, 0.25) is 0 Å². The number of carbonyl (C=O) groups is 2. The highest BCUT2D eigenvalue weighted by Crippen LogP contribution is 2.25. The quantitative estimate of drug-likeness (QED) is 0.564. The van der Waals surface area contributed by atoms with Crippen LogP contribution >= 0.6 is 0 Å². The van der Waals surface area contributed by atoms with Crippen molar-refractivity contribution >= 4 is 23.7 Å². The largest absolute Gasteiger partial charge is 0.493 e. The fraction of sp³-hybridized carbons (Fsp3) is 0.250. The van der Waals surface area contributed by atoms with E-state index in [1.54, 1.807) is 48.5 Å². The molecular formula is C24H25FN6O3. The van der Waals surface area contributed by atoms with Crippen LogP contribution in [0.3, 0.4) is 0 Å². The molecule has 3 heterocycles. The Kier molecular flexibility index (Phi) is 6.58. The van der Waals surface area contributed by atoms with Crippen molar-refractivity contribution in [1.82, 2.24) is 25.0 Å². The Hall–Kier alpha value is -4.21. The third kappa shape index (κ3) is 4.90. The maximum atomic E-state index is 13.3. The van der Waals surface area contributed by atoms with Gasteiger partial charge >= 0.3 is 6.03 Å². The van der Waals surface area contributed by atoms with Crippen LogP contribution in [0.25, 0.3) is 11.9 Å². The molecule has 1 aliphatic rings. The highest BCUT2D eigenvalue weighted by molar-refractivity contribution is 5.97. The first-order chi connectivity index (χ1) is 16.4. The van der Waals surface area contributed by atoms with Gasteiger partial charge < -0.3 is 4.74 Å². The van der Waals surface area contributed by atoms with Gasteiger partial charge in [-0.25, -0.2) is 24.2 Å². The summed E-state index contributed by atoms with van der Waals surface area (Å²) in [6, 6.07) is 6.99. The highest BCUT2D eigenvalue weighted by atomic mass is 19.1. The van der Waals surface area contributed by atoms with E-state index in [0.29, 0.717) is 35.8 Å². The third-order valence-electron chi connectivity index (χ3n) is 5.46. The van der Waals surface area contributed by atoms with Gasteiger partial charge in [0.05, 0.1) is 12.8 Å². The van der Waals surface area contributed by atoms with Crippen LogP contribution in [0, 0.1) is 12.7 Å². The summed E-state index contributed by atoms with van der Waals surface area (Å²) in [5, 5.41) is 1.26. The summed E-state index contributed by atoms with van der Waals surface area (Å²) < 4.78 is 20.5. The van der Waals surface area contributed by atoms with E-state index < -0.39 is 5.91 Å². The van der Waals surface area contributed by atoms with Crippen molar-refractivity contribution in [2.24, 2.45) is 0 Å². The topological polar surface area (TPSA) is 92.6 Å². The maximum absolute atomic E-state index is 13.3. The zero-order valence-corrected chi connectivity index (χ0v) is 19.1. The monoisotopic (exact) mass is 464 g/mol. The van der Waals surface area contributed by atoms with Crippen LogP contribution in [0.1, 0.15) is 24.6 Å². The van der Waals surface area contributed by atoms with Gasteiger partial charge in [-0.15, -0.1) is 0 Å². The number of pyridine rings is 1. The molecule has 0 aliphatic carbocycles. The molecule has 1 aromatic carbocycles. The Morgan fingerprint density at radius 2 is 2.03 bits per heavy atom. The summed E-state index contributed by atoms with van der Waals surface area (Å²) in [6.07, 6.45) is 8.65. The van der Waals surface area contributed by atoms with Crippen molar-refractivity contribution < 1.29 is 18.7 Å². The molecule has 2 aromatic heterocycles. The van der Waals surface area contributed by atoms with Crippen molar-refractivity contribution in [2.45, 2.75) is 26.3 Å². The van der Waals surface area contributed by atoms with Crippen LogP contribution in [-0.2, 0) is 4.79 Å². The summed E-state index contributed by atoms with van der Waals surface area (Å²) in [5.74, 6) is 0.263. The number of ether oxygens (including phenoxy) is 1. The number of aromatic nitrogens is 3. The van der Waals surface area contributed by atoms with Crippen LogP contribution < -0.4 is 15.1 Å². The molecular weight excluding hydrogens is 439 g/mol. The van der Waals surface area contributed by atoms with Gasteiger partial charge in [0.25, 0.3) is 5.91 Å². The zero-order chi connectivity index (χ0) is 24.2. The first kappa shape index (κ1) is 23.0. The van der Waals surface area contributed by atoms with Gasteiger partial charge in [0.15, 0.2) is 11.6 Å². The minimum atomic E-state index is -0.463. The number of imidazole rings is 1. The molecule has 0 radical (unpaired) electrons. The number of urea groups is 1. The van der Waals surface area contributed by atoms with Crippen LogP contribution in [0.2, 0.25) is 0 Å². The van der Waals surface area contributed by atoms with Crippen molar-refractivity contribution in [3.8, 4) is 11.6 Å². The molecule has 0 saturated carbocycles. The minimum absolute atomic E-state index is 0.0852. The standard InChI is InChI=1S/C24H25FN6O3/c1-16-14-29(15-27-16)23-21(34-3)12-18(13-26-23)4-9-22(32)28-30-11-10-17(2)31(24(30)33)20-7-5-19(25)6-8-20/h4-9,12-15,17H,10-11H2,1-3H3,(H,28,32)/b9-4+. The van der Waals surface area contributed by atoms with Gasteiger partial charge in [0.1, 0.15) is 12.1 Å². The van der Waals surface area contributed by atoms with Gasteiger partial charge in [-0.2, -0.15) is 0 Å². The zero-order valence-electron chi connectivity index (χ0n) is 19.1. The van der Waals surface area contributed by atoms with E-state index in [1.807, 2.05) is 20.0 Å².